The van der Waals surface area contributed by atoms with Crippen molar-refractivity contribution in [2.75, 3.05) is 30.9 Å². The molecule has 0 spiro atoms. The number of hydrogen-bond acceptors (Lipinski definition) is 2. The lowest BCUT2D eigenvalue weighted by molar-refractivity contribution is 0.0449. The van der Waals surface area contributed by atoms with E-state index in [9.17, 15) is 0 Å². The van der Waals surface area contributed by atoms with Crippen molar-refractivity contribution in [3.05, 3.63) is 0 Å². The Morgan fingerprint density at radius 1 is 0.524 bits per heavy atom. The molecular formula is C18H37IO2. The molecule has 0 saturated carbocycles. The molecule has 0 amide bonds. The third-order valence-corrected chi connectivity index (χ3v) is 4.45. The van der Waals surface area contributed by atoms with Crippen molar-refractivity contribution in [3.8, 4) is 0 Å². The molecule has 0 N–H and O–H groups in total. The highest BCUT2D eigenvalue weighted by Gasteiger charge is 1.94. The predicted octanol–water partition coefficient (Wildman–Crippen LogP) is 6.16. The molecule has 2 nitrogen and oxygen atoms in total. The second-order valence-corrected chi connectivity index (χ2v) is 6.88. The standard InChI is InChI=1S/C18H37IO2/c1-2-3-4-5-6-7-9-12-15-20-17-18-21-16-13-10-8-11-14-19/h2-18H2,1H3. The van der Waals surface area contributed by atoms with Crippen molar-refractivity contribution >= 4 is 22.6 Å². The molecule has 0 aromatic rings. The zero-order valence-corrected chi connectivity index (χ0v) is 16.4. The van der Waals surface area contributed by atoms with Gasteiger partial charge >= 0.3 is 0 Å². The van der Waals surface area contributed by atoms with Crippen molar-refractivity contribution in [3.63, 3.8) is 0 Å². The van der Waals surface area contributed by atoms with Crippen LogP contribution in [0.15, 0.2) is 0 Å². The molecule has 0 heterocycles. The minimum absolute atomic E-state index is 0.767. The van der Waals surface area contributed by atoms with E-state index in [2.05, 4.69) is 29.5 Å². The van der Waals surface area contributed by atoms with Crippen LogP contribution in [0.3, 0.4) is 0 Å². The van der Waals surface area contributed by atoms with Gasteiger partial charge in [0.25, 0.3) is 0 Å². The molecule has 0 unspecified atom stereocenters. The summed E-state index contributed by atoms with van der Waals surface area (Å²) in [6, 6.07) is 0. The average Bonchev–Trinajstić information content (AvgIpc) is 2.50. The lowest BCUT2D eigenvalue weighted by Crippen LogP contribution is -2.06. The lowest BCUT2D eigenvalue weighted by Gasteiger charge is -2.06. The molecular weight excluding hydrogens is 375 g/mol. The minimum Gasteiger partial charge on any atom is -0.379 e. The first kappa shape index (κ1) is 21.6. The van der Waals surface area contributed by atoms with Gasteiger partial charge in [-0.3, -0.25) is 0 Å². The molecule has 0 aliphatic carbocycles. The molecule has 0 bridgehead atoms. The van der Waals surface area contributed by atoms with Crippen LogP contribution in [0, 0.1) is 0 Å². The molecule has 0 aromatic carbocycles. The van der Waals surface area contributed by atoms with E-state index in [1.54, 1.807) is 0 Å². The van der Waals surface area contributed by atoms with Gasteiger partial charge in [-0.2, -0.15) is 0 Å². The van der Waals surface area contributed by atoms with E-state index in [0.717, 1.165) is 26.4 Å². The number of alkyl halides is 1. The van der Waals surface area contributed by atoms with E-state index in [0.29, 0.717) is 0 Å². The maximum atomic E-state index is 5.60. The molecule has 0 saturated heterocycles. The second kappa shape index (κ2) is 20.6. The van der Waals surface area contributed by atoms with Crippen LogP contribution < -0.4 is 0 Å². The van der Waals surface area contributed by atoms with Gasteiger partial charge in [-0.25, -0.2) is 0 Å². The highest BCUT2D eigenvalue weighted by Crippen LogP contribution is 2.08. The highest BCUT2D eigenvalue weighted by molar-refractivity contribution is 14.1. The van der Waals surface area contributed by atoms with Crippen molar-refractivity contribution in [1.82, 2.24) is 0 Å². The number of unbranched alkanes of at least 4 members (excludes halogenated alkanes) is 10. The van der Waals surface area contributed by atoms with E-state index < -0.39 is 0 Å². The summed E-state index contributed by atoms with van der Waals surface area (Å²) < 4.78 is 12.5. The number of halogens is 1. The Morgan fingerprint density at radius 3 is 1.43 bits per heavy atom. The van der Waals surface area contributed by atoms with Gasteiger partial charge in [0.1, 0.15) is 0 Å². The summed E-state index contributed by atoms with van der Waals surface area (Å²) in [5, 5.41) is 0. The van der Waals surface area contributed by atoms with Crippen LogP contribution in [-0.4, -0.2) is 30.9 Å². The maximum Gasteiger partial charge on any atom is 0.0700 e. The number of rotatable bonds is 18. The fourth-order valence-corrected chi connectivity index (χ4v) is 2.85. The van der Waals surface area contributed by atoms with E-state index in [-0.39, 0.29) is 0 Å². The van der Waals surface area contributed by atoms with Gasteiger partial charge in [-0.05, 0) is 23.7 Å². The summed E-state index contributed by atoms with van der Waals surface area (Å²) in [5.41, 5.74) is 0. The van der Waals surface area contributed by atoms with Crippen LogP contribution in [0.5, 0.6) is 0 Å². The van der Waals surface area contributed by atoms with Crippen LogP contribution in [0.25, 0.3) is 0 Å². The molecule has 0 fully saturated rings. The first-order valence-corrected chi connectivity index (χ1v) is 10.7. The molecule has 3 heteroatoms. The topological polar surface area (TPSA) is 18.5 Å². The Kier molecular flexibility index (Phi) is 21.3. The first-order chi connectivity index (χ1) is 10.4. The maximum absolute atomic E-state index is 5.60. The molecule has 0 aliphatic rings. The summed E-state index contributed by atoms with van der Waals surface area (Å²) in [4.78, 5) is 0. The Morgan fingerprint density at radius 2 is 0.952 bits per heavy atom. The molecule has 21 heavy (non-hydrogen) atoms. The Balaban J connectivity index is 2.90. The van der Waals surface area contributed by atoms with E-state index >= 15 is 0 Å². The zero-order valence-electron chi connectivity index (χ0n) is 14.2. The van der Waals surface area contributed by atoms with Gasteiger partial charge in [0.2, 0.25) is 0 Å². The first-order valence-electron chi connectivity index (χ1n) is 9.13. The normalized spacial score (nSPS) is 11.1. The van der Waals surface area contributed by atoms with Crippen LogP contribution in [0.2, 0.25) is 0 Å². The van der Waals surface area contributed by atoms with Crippen LogP contribution in [-0.2, 0) is 9.47 Å². The van der Waals surface area contributed by atoms with Crippen molar-refractivity contribution < 1.29 is 9.47 Å². The summed E-state index contributed by atoms with van der Waals surface area (Å²) in [6.45, 7) is 5.62. The third kappa shape index (κ3) is 20.6. The van der Waals surface area contributed by atoms with Crippen molar-refractivity contribution in [2.45, 2.75) is 84.0 Å². The third-order valence-electron chi connectivity index (χ3n) is 3.69. The largest absolute Gasteiger partial charge is 0.379 e. The second-order valence-electron chi connectivity index (χ2n) is 5.80. The number of ether oxygens (including phenoxy) is 2. The Labute approximate surface area is 146 Å². The molecule has 0 aliphatic heterocycles. The fraction of sp³-hybridized carbons (Fsp3) is 1.00. The lowest BCUT2D eigenvalue weighted by atomic mass is 10.1. The fourth-order valence-electron chi connectivity index (χ4n) is 2.31. The Hall–Kier alpha value is 0.650. The molecule has 128 valence electrons. The van der Waals surface area contributed by atoms with Gasteiger partial charge < -0.3 is 9.47 Å². The quantitative estimate of drug-likeness (QED) is 0.153. The van der Waals surface area contributed by atoms with Crippen LogP contribution in [0.4, 0.5) is 0 Å². The minimum atomic E-state index is 0.767. The Bertz CT molecular complexity index is 159. The van der Waals surface area contributed by atoms with Crippen LogP contribution >= 0.6 is 22.6 Å². The molecule has 0 aromatic heterocycles. The van der Waals surface area contributed by atoms with Gasteiger partial charge in [-0.1, -0.05) is 87.3 Å². The smallest absolute Gasteiger partial charge is 0.0700 e. The van der Waals surface area contributed by atoms with Gasteiger partial charge in [-0.15, -0.1) is 0 Å². The van der Waals surface area contributed by atoms with Gasteiger partial charge in [0.15, 0.2) is 0 Å². The highest BCUT2D eigenvalue weighted by atomic mass is 127. The van der Waals surface area contributed by atoms with Crippen molar-refractivity contribution in [2.24, 2.45) is 0 Å². The summed E-state index contributed by atoms with van der Waals surface area (Å²) in [5.74, 6) is 0. The predicted molar refractivity (Wildman–Crippen MR) is 102 cm³/mol. The monoisotopic (exact) mass is 412 g/mol. The summed E-state index contributed by atoms with van der Waals surface area (Å²) >= 11 is 2.44. The molecule has 0 atom stereocenters. The zero-order chi connectivity index (χ0) is 15.4. The van der Waals surface area contributed by atoms with Crippen LogP contribution in [0.1, 0.15) is 84.0 Å². The molecule has 0 rings (SSSR count). The average molecular weight is 412 g/mol. The SMILES string of the molecule is CCCCCCCCCCOCCOCCCCCCI. The van der Waals surface area contributed by atoms with E-state index in [1.165, 1.54) is 81.5 Å². The van der Waals surface area contributed by atoms with Gasteiger partial charge in [0, 0.05) is 13.2 Å². The van der Waals surface area contributed by atoms with Gasteiger partial charge in [0.05, 0.1) is 13.2 Å². The van der Waals surface area contributed by atoms with Crippen molar-refractivity contribution in [1.29, 1.82) is 0 Å². The van der Waals surface area contributed by atoms with E-state index in [4.69, 9.17) is 9.47 Å². The van der Waals surface area contributed by atoms with E-state index in [1.807, 2.05) is 0 Å². The summed E-state index contributed by atoms with van der Waals surface area (Å²) in [7, 11) is 0. The summed E-state index contributed by atoms with van der Waals surface area (Å²) in [6.07, 6.45) is 16.1. The number of hydrogen-bond donors (Lipinski definition) is 0. The molecule has 0 radical (unpaired) electrons.